The van der Waals surface area contributed by atoms with E-state index in [9.17, 15) is 4.39 Å². The van der Waals surface area contributed by atoms with Gasteiger partial charge in [0.15, 0.2) is 0 Å². The van der Waals surface area contributed by atoms with Gasteiger partial charge in [0.05, 0.1) is 29.3 Å². The van der Waals surface area contributed by atoms with Gasteiger partial charge in [0.1, 0.15) is 35.1 Å². The predicted molar refractivity (Wildman–Crippen MR) is 148 cm³/mol. The van der Waals surface area contributed by atoms with Crippen molar-refractivity contribution in [2.45, 2.75) is 26.0 Å². The standard InChI is InChI=1S/C28H25ClFN5O2S/c1-34(19-6-9-24(22(29)13-19)37-15-17-4-3-5-18(30)12-17)27-25-20-7-8-23-21(14-35(33-23)10-11-36-2)26(20)38-28(25)32-16-31-27/h3-6,9,12-14,16H,7-8,10-11,15H2,1-2H3. The molecule has 0 bridgehead atoms. The highest BCUT2D eigenvalue weighted by molar-refractivity contribution is 7.22. The summed E-state index contributed by atoms with van der Waals surface area (Å²) < 4.78 is 26.5. The van der Waals surface area contributed by atoms with Crippen LogP contribution >= 0.6 is 22.9 Å². The molecule has 194 valence electrons. The number of benzene rings is 2. The molecule has 0 saturated heterocycles. The van der Waals surface area contributed by atoms with Crippen molar-refractivity contribution in [3.8, 4) is 16.2 Å². The second kappa shape index (κ2) is 10.3. The lowest BCUT2D eigenvalue weighted by atomic mass is 9.95. The third-order valence-corrected chi connectivity index (χ3v) is 8.16. The van der Waals surface area contributed by atoms with Crippen LogP contribution in [0.25, 0.3) is 20.7 Å². The number of thiophene rings is 1. The van der Waals surface area contributed by atoms with Gasteiger partial charge in [-0.15, -0.1) is 11.3 Å². The molecule has 0 aliphatic heterocycles. The highest BCUT2D eigenvalue weighted by Gasteiger charge is 2.27. The minimum Gasteiger partial charge on any atom is -0.487 e. The fourth-order valence-electron chi connectivity index (χ4n) is 4.79. The number of aromatic nitrogens is 4. The molecule has 5 aromatic rings. The number of halogens is 2. The number of ether oxygens (including phenoxy) is 2. The van der Waals surface area contributed by atoms with Crippen LogP contribution in [-0.2, 0) is 30.7 Å². The van der Waals surface area contributed by atoms with Gasteiger partial charge >= 0.3 is 0 Å². The number of hydrogen-bond acceptors (Lipinski definition) is 7. The van der Waals surface area contributed by atoms with Gasteiger partial charge in [0, 0.05) is 36.5 Å². The average molecular weight is 550 g/mol. The Morgan fingerprint density at radius 3 is 2.87 bits per heavy atom. The highest BCUT2D eigenvalue weighted by Crippen LogP contribution is 2.46. The van der Waals surface area contributed by atoms with Crippen LogP contribution in [-0.4, -0.2) is 40.5 Å². The number of rotatable bonds is 8. The molecule has 10 heteroatoms. The maximum absolute atomic E-state index is 13.5. The molecule has 7 nitrogen and oxygen atoms in total. The molecule has 2 aromatic carbocycles. The quantitative estimate of drug-likeness (QED) is 0.222. The van der Waals surface area contributed by atoms with Crippen molar-refractivity contribution in [3.63, 3.8) is 0 Å². The minimum atomic E-state index is -0.294. The summed E-state index contributed by atoms with van der Waals surface area (Å²) in [6.45, 7) is 1.57. The molecule has 0 atom stereocenters. The number of nitrogens with zero attached hydrogens (tertiary/aromatic N) is 5. The van der Waals surface area contributed by atoms with Crippen LogP contribution in [0.2, 0.25) is 5.02 Å². The molecular weight excluding hydrogens is 525 g/mol. The molecule has 0 radical (unpaired) electrons. The van der Waals surface area contributed by atoms with Crippen LogP contribution in [0.3, 0.4) is 0 Å². The summed E-state index contributed by atoms with van der Waals surface area (Å²) in [5, 5.41) is 6.30. The van der Waals surface area contributed by atoms with Crippen molar-refractivity contribution in [1.82, 2.24) is 19.7 Å². The molecule has 0 N–H and O–H groups in total. The molecular formula is C28H25ClFN5O2S. The normalized spacial score (nSPS) is 12.4. The summed E-state index contributed by atoms with van der Waals surface area (Å²) in [4.78, 5) is 13.5. The number of methoxy groups -OCH3 is 1. The Kier molecular flexibility index (Phi) is 6.73. The zero-order valence-electron chi connectivity index (χ0n) is 20.9. The summed E-state index contributed by atoms with van der Waals surface area (Å²) >= 11 is 8.27. The molecule has 6 rings (SSSR count). The van der Waals surface area contributed by atoms with Crippen molar-refractivity contribution in [2.75, 3.05) is 25.7 Å². The Bertz CT molecular complexity index is 1640. The van der Waals surface area contributed by atoms with Crippen molar-refractivity contribution >= 4 is 44.7 Å². The summed E-state index contributed by atoms with van der Waals surface area (Å²) in [6.07, 6.45) is 5.47. The van der Waals surface area contributed by atoms with E-state index < -0.39 is 0 Å². The van der Waals surface area contributed by atoms with Crippen LogP contribution in [0.1, 0.15) is 16.8 Å². The van der Waals surface area contributed by atoms with E-state index in [2.05, 4.69) is 16.2 Å². The first-order valence-electron chi connectivity index (χ1n) is 12.2. The lowest BCUT2D eigenvalue weighted by molar-refractivity contribution is 0.183. The molecule has 0 saturated carbocycles. The number of aryl methyl sites for hydroxylation is 2. The van der Waals surface area contributed by atoms with E-state index >= 15 is 0 Å². The minimum absolute atomic E-state index is 0.226. The Hall–Kier alpha value is -3.53. The van der Waals surface area contributed by atoms with Crippen molar-refractivity contribution in [1.29, 1.82) is 0 Å². The summed E-state index contributed by atoms with van der Waals surface area (Å²) in [5.74, 6) is 1.07. The number of hydrogen-bond donors (Lipinski definition) is 0. The topological polar surface area (TPSA) is 65.3 Å². The molecule has 0 fully saturated rings. The van der Waals surface area contributed by atoms with Gasteiger partial charge in [-0.3, -0.25) is 4.68 Å². The summed E-state index contributed by atoms with van der Waals surface area (Å²) in [6, 6.07) is 12.0. The third kappa shape index (κ3) is 4.62. The number of anilines is 2. The van der Waals surface area contributed by atoms with E-state index in [0.29, 0.717) is 17.4 Å². The molecule has 0 unspecified atom stereocenters. The van der Waals surface area contributed by atoms with Crippen LogP contribution in [0, 0.1) is 5.82 Å². The fraction of sp³-hybridized carbons (Fsp3) is 0.250. The maximum Gasteiger partial charge on any atom is 0.145 e. The average Bonchev–Trinajstić information content (AvgIpc) is 3.52. The third-order valence-electron chi connectivity index (χ3n) is 6.69. The summed E-state index contributed by atoms with van der Waals surface area (Å²) in [5.41, 5.74) is 5.15. The van der Waals surface area contributed by atoms with Gasteiger partial charge in [0.25, 0.3) is 0 Å². The fourth-order valence-corrected chi connectivity index (χ4v) is 6.24. The lowest BCUT2D eigenvalue weighted by Gasteiger charge is -2.21. The van der Waals surface area contributed by atoms with Gasteiger partial charge in [-0.2, -0.15) is 5.10 Å². The smallest absolute Gasteiger partial charge is 0.145 e. The largest absolute Gasteiger partial charge is 0.487 e. The SMILES string of the molecule is COCCn1cc2c(n1)CCc1c-2sc2ncnc(N(C)c3ccc(OCc4cccc(F)c4)c(Cl)c3)c12. The van der Waals surface area contributed by atoms with E-state index in [4.69, 9.17) is 26.2 Å². The molecule has 3 heterocycles. The van der Waals surface area contributed by atoms with Crippen LogP contribution in [0.5, 0.6) is 5.75 Å². The molecule has 1 aliphatic carbocycles. The van der Waals surface area contributed by atoms with Crippen LogP contribution in [0.15, 0.2) is 55.0 Å². The Morgan fingerprint density at radius 2 is 2.05 bits per heavy atom. The van der Waals surface area contributed by atoms with Crippen molar-refractivity contribution in [3.05, 3.63) is 82.6 Å². The van der Waals surface area contributed by atoms with Gasteiger partial charge < -0.3 is 14.4 Å². The summed E-state index contributed by atoms with van der Waals surface area (Å²) in [7, 11) is 3.67. The van der Waals surface area contributed by atoms with Gasteiger partial charge in [-0.05, 0) is 54.3 Å². The predicted octanol–water partition coefficient (Wildman–Crippen LogP) is 6.44. The van der Waals surface area contributed by atoms with Crippen molar-refractivity contribution in [2.24, 2.45) is 0 Å². The molecule has 0 amide bonds. The van der Waals surface area contributed by atoms with Gasteiger partial charge in [-0.25, -0.2) is 14.4 Å². The Morgan fingerprint density at radius 1 is 1.16 bits per heavy atom. The van der Waals surface area contributed by atoms with E-state index in [-0.39, 0.29) is 12.4 Å². The van der Waals surface area contributed by atoms with Gasteiger partial charge in [-0.1, -0.05) is 23.7 Å². The molecule has 3 aromatic heterocycles. The first-order valence-corrected chi connectivity index (χ1v) is 13.4. The zero-order chi connectivity index (χ0) is 26.2. The van der Waals surface area contributed by atoms with E-state index in [1.54, 1.807) is 30.8 Å². The van der Waals surface area contributed by atoms with Crippen LogP contribution < -0.4 is 9.64 Å². The second-order valence-corrected chi connectivity index (χ2v) is 10.5. The molecule has 0 spiro atoms. The lowest BCUT2D eigenvalue weighted by Crippen LogP contribution is -2.13. The number of fused-ring (bicyclic) bond motifs is 5. The molecule has 38 heavy (non-hydrogen) atoms. The zero-order valence-corrected chi connectivity index (χ0v) is 22.5. The monoisotopic (exact) mass is 549 g/mol. The maximum atomic E-state index is 13.5. The van der Waals surface area contributed by atoms with Crippen LogP contribution in [0.4, 0.5) is 15.9 Å². The Labute approximate surface area is 228 Å². The van der Waals surface area contributed by atoms with E-state index in [1.807, 2.05) is 40.9 Å². The highest BCUT2D eigenvalue weighted by atomic mass is 35.5. The van der Waals surface area contributed by atoms with Gasteiger partial charge in [0.2, 0.25) is 0 Å². The second-order valence-electron chi connectivity index (χ2n) is 9.12. The first kappa shape index (κ1) is 24.8. The van der Waals surface area contributed by atoms with E-state index in [1.165, 1.54) is 28.1 Å². The first-order chi connectivity index (χ1) is 18.5. The molecule has 1 aliphatic rings. The Balaban J connectivity index is 1.29. The van der Waals surface area contributed by atoms with Crippen molar-refractivity contribution < 1.29 is 13.9 Å². The van der Waals surface area contributed by atoms with E-state index in [0.717, 1.165) is 52.4 Å².